The van der Waals surface area contributed by atoms with Gasteiger partial charge in [-0.15, -0.1) is 0 Å². The lowest BCUT2D eigenvalue weighted by Crippen LogP contribution is -2.12. The summed E-state index contributed by atoms with van der Waals surface area (Å²) in [7, 11) is 0. The van der Waals surface area contributed by atoms with Crippen molar-refractivity contribution in [2.45, 2.75) is 121 Å². The van der Waals surface area contributed by atoms with E-state index >= 15 is 0 Å². The van der Waals surface area contributed by atoms with Gasteiger partial charge < -0.3 is 9.47 Å². The van der Waals surface area contributed by atoms with E-state index in [4.69, 9.17) is 9.47 Å². The molecule has 0 N–H and O–H groups in total. The minimum absolute atomic E-state index is 0.525. The number of hydrogen-bond donors (Lipinski definition) is 0. The Bertz CT molecular complexity index is 311. The van der Waals surface area contributed by atoms with E-state index in [9.17, 15) is 0 Å². The van der Waals surface area contributed by atoms with Crippen LogP contribution in [0.2, 0.25) is 0 Å². The molecule has 0 bridgehead atoms. The third kappa shape index (κ3) is 10.3. The molecule has 3 atom stereocenters. The van der Waals surface area contributed by atoms with Crippen LogP contribution < -0.4 is 0 Å². The molecule has 0 spiro atoms. The summed E-state index contributed by atoms with van der Waals surface area (Å²) in [4.78, 5) is 0. The fraction of sp³-hybridized carbons (Fsp3) is 0.917. The first-order valence-electron chi connectivity index (χ1n) is 11.7. The smallest absolute Gasteiger partial charge is 0.0578 e. The second kappa shape index (κ2) is 14.9. The van der Waals surface area contributed by atoms with Gasteiger partial charge in [0.15, 0.2) is 0 Å². The lowest BCUT2D eigenvalue weighted by Gasteiger charge is -2.15. The molecule has 2 radical (unpaired) electrons. The zero-order valence-electron chi connectivity index (χ0n) is 17.3. The van der Waals surface area contributed by atoms with Gasteiger partial charge in [-0.1, -0.05) is 64.7 Å². The molecule has 0 saturated heterocycles. The highest BCUT2D eigenvalue weighted by Crippen LogP contribution is 2.31. The molecular formula is C24H44O2. The molecule has 2 fully saturated rings. The Morgan fingerprint density at radius 3 is 2.12 bits per heavy atom. The van der Waals surface area contributed by atoms with E-state index in [1.165, 1.54) is 103 Å². The van der Waals surface area contributed by atoms with Gasteiger partial charge in [0.2, 0.25) is 0 Å². The van der Waals surface area contributed by atoms with Crippen molar-refractivity contribution in [3.05, 3.63) is 13.3 Å². The highest BCUT2D eigenvalue weighted by Gasteiger charge is 2.25. The van der Waals surface area contributed by atoms with Crippen LogP contribution in [0.5, 0.6) is 0 Å². The summed E-state index contributed by atoms with van der Waals surface area (Å²) in [5.41, 5.74) is 0. The number of ether oxygens (including phenoxy) is 2. The largest absolute Gasteiger partial charge is 0.378 e. The fourth-order valence-corrected chi connectivity index (χ4v) is 4.49. The summed E-state index contributed by atoms with van der Waals surface area (Å²) in [6.07, 6.45) is 25.7. The molecule has 0 aliphatic heterocycles. The molecule has 2 nitrogen and oxygen atoms in total. The monoisotopic (exact) mass is 364 g/mol. The van der Waals surface area contributed by atoms with Crippen molar-refractivity contribution < 1.29 is 9.47 Å². The van der Waals surface area contributed by atoms with Crippen molar-refractivity contribution in [2.24, 2.45) is 5.92 Å². The molecule has 2 saturated carbocycles. The SMILES string of the molecule is [CH2]CCCCCCCCCCCOC1CCC(CCOC2C[CH]CC2)C1. The first kappa shape index (κ1) is 22.2. The summed E-state index contributed by atoms with van der Waals surface area (Å²) in [6, 6.07) is 0. The Balaban J connectivity index is 1.32. The Morgan fingerprint density at radius 1 is 0.731 bits per heavy atom. The maximum atomic E-state index is 6.13. The molecule has 0 aromatic heterocycles. The van der Waals surface area contributed by atoms with Crippen molar-refractivity contribution in [1.29, 1.82) is 0 Å². The Hall–Kier alpha value is -0.0800. The summed E-state index contributed by atoms with van der Waals surface area (Å²) in [6.45, 7) is 5.85. The predicted molar refractivity (Wildman–Crippen MR) is 111 cm³/mol. The Kier molecular flexibility index (Phi) is 12.7. The molecule has 2 rings (SSSR count). The van der Waals surface area contributed by atoms with Gasteiger partial charge in [-0.2, -0.15) is 0 Å². The number of rotatable bonds is 16. The lowest BCUT2D eigenvalue weighted by atomic mass is 10.0. The summed E-state index contributed by atoms with van der Waals surface area (Å²) < 4.78 is 12.1. The Labute approximate surface area is 163 Å². The molecule has 2 aliphatic rings. The van der Waals surface area contributed by atoms with Crippen LogP contribution in [0.1, 0.15) is 109 Å². The average Bonchev–Trinajstić information content (AvgIpc) is 3.32. The highest BCUT2D eigenvalue weighted by atomic mass is 16.5. The summed E-state index contributed by atoms with van der Waals surface area (Å²) in [5.74, 6) is 0.842. The van der Waals surface area contributed by atoms with Crippen molar-refractivity contribution in [1.82, 2.24) is 0 Å². The quantitative estimate of drug-likeness (QED) is 0.273. The molecule has 0 heterocycles. The number of hydrogen-bond acceptors (Lipinski definition) is 2. The van der Waals surface area contributed by atoms with Gasteiger partial charge in [0.05, 0.1) is 12.2 Å². The van der Waals surface area contributed by atoms with Gasteiger partial charge in [-0.25, -0.2) is 0 Å². The van der Waals surface area contributed by atoms with E-state index < -0.39 is 0 Å². The summed E-state index contributed by atoms with van der Waals surface area (Å²) >= 11 is 0. The standard InChI is InChI=1S/C24H44O2/c1-2-3-4-5-6-7-8-9-10-13-19-25-24-17-16-22(21-24)18-20-26-23-14-11-12-15-23/h11,22-24H,1-10,12-21H2. The van der Waals surface area contributed by atoms with Crippen molar-refractivity contribution in [2.75, 3.05) is 13.2 Å². The molecule has 0 aromatic rings. The van der Waals surface area contributed by atoms with Gasteiger partial charge in [0, 0.05) is 13.2 Å². The fourth-order valence-electron chi connectivity index (χ4n) is 4.49. The van der Waals surface area contributed by atoms with E-state index in [0.29, 0.717) is 12.2 Å². The number of unbranched alkanes of at least 4 members (excludes halogenated alkanes) is 9. The van der Waals surface area contributed by atoms with E-state index in [1.54, 1.807) is 0 Å². The van der Waals surface area contributed by atoms with E-state index in [2.05, 4.69) is 13.3 Å². The highest BCUT2D eigenvalue weighted by molar-refractivity contribution is 4.81. The maximum absolute atomic E-state index is 6.13. The van der Waals surface area contributed by atoms with Gasteiger partial charge in [0.1, 0.15) is 0 Å². The van der Waals surface area contributed by atoms with Crippen LogP contribution in [0.25, 0.3) is 0 Å². The van der Waals surface area contributed by atoms with Crippen molar-refractivity contribution in [3.63, 3.8) is 0 Å². The van der Waals surface area contributed by atoms with E-state index in [1.807, 2.05) is 0 Å². The normalized spacial score (nSPS) is 23.9. The molecule has 0 amide bonds. The zero-order chi connectivity index (χ0) is 18.3. The molecular weight excluding hydrogens is 320 g/mol. The third-order valence-electron chi connectivity index (χ3n) is 6.24. The Morgan fingerprint density at radius 2 is 1.42 bits per heavy atom. The molecule has 2 aliphatic carbocycles. The third-order valence-corrected chi connectivity index (χ3v) is 6.24. The maximum Gasteiger partial charge on any atom is 0.0578 e. The van der Waals surface area contributed by atoms with Gasteiger partial charge in [0.25, 0.3) is 0 Å². The molecule has 3 unspecified atom stereocenters. The average molecular weight is 365 g/mol. The second-order valence-corrected chi connectivity index (χ2v) is 8.59. The van der Waals surface area contributed by atoms with Gasteiger partial charge in [-0.3, -0.25) is 0 Å². The van der Waals surface area contributed by atoms with Crippen molar-refractivity contribution >= 4 is 0 Å². The first-order chi connectivity index (χ1) is 12.9. The lowest BCUT2D eigenvalue weighted by molar-refractivity contribution is 0.0408. The minimum Gasteiger partial charge on any atom is -0.378 e. The van der Waals surface area contributed by atoms with Crippen LogP contribution in [0, 0.1) is 19.3 Å². The molecule has 2 heteroatoms. The van der Waals surface area contributed by atoms with Crippen molar-refractivity contribution in [3.8, 4) is 0 Å². The predicted octanol–water partition coefficient (Wildman–Crippen LogP) is 7.07. The van der Waals surface area contributed by atoms with Crippen LogP contribution in [-0.4, -0.2) is 25.4 Å². The second-order valence-electron chi connectivity index (χ2n) is 8.59. The van der Waals surface area contributed by atoms with Gasteiger partial charge in [-0.05, 0) is 63.7 Å². The first-order valence-corrected chi connectivity index (χ1v) is 11.7. The van der Waals surface area contributed by atoms with Crippen LogP contribution in [0.4, 0.5) is 0 Å². The molecule has 152 valence electrons. The zero-order valence-corrected chi connectivity index (χ0v) is 17.3. The topological polar surface area (TPSA) is 18.5 Å². The van der Waals surface area contributed by atoms with Crippen LogP contribution >= 0.6 is 0 Å². The summed E-state index contributed by atoms with van der Waals surface area (Å²) in [5, 5.41) is 0. The minimum atomic E-state index is 0.525. The molecule has 26 heavy (non-hydrogen) atoms. The van der Waals surface area contributed by atoms with Crippen LogP contribution in [0.15, 0.2) is 0 Å². The van der Waals surface area contributed by atoms with Crippen LogP contribution in [-0.2, 0) is 9.47 Å². The van der Waals surface area contributed by atoms with Gasteiger partial charge >= 0.3 is 0 Å². The van der Waals surface area contributed by atoms with E-state index in [0.717, 1.165) is 25.6 Å². The van der Waals surface area contributed by atoms with Crippen LogP contribution in [0.3, 0.4) is 0 Å². The van der Waals surface area contributed by atoms with E-state index in [-0.39, 0.29) is 0 Å². The molecule has 0 aromatic carbocycles.